The maximum absolute atomic E-state index is 12.3. The van der Waals surface area contributed by atoms with Crippen LogP contribution in [0.4, 0.5) is 4.79 Å². The number of benzene rings is 2. The molecule has 0 saturated heterocycles. The molecule has 5 heteroatoms. The monoisotopic (exact) mass is 340 g/mol. The van der Waals surface area contributed by atoms with Crippen molar-refractivity contribution in [2.75, 3.05) is 13.2 Å². The highest BCUT2D eigenvalue weighted by Crippen LogP contribution is 2.34. The number of hydrogen-bond donors (Lipinski definition) is 2. The molecule has 0 saturated carbocycles. The summed E-state index contributed by atoms with van der Waals surface area (Å²) in [5.74, 6) is 1.73. The molecule has 0 aromatic heterocycles. The predicted octanol–water partition coefficient (Wildman–Crippen LogP) is 3.65. The van der Waals surface area contributed by atoms with Crippen molar-refractivity contribution in [3.8, 4) is 11.5 Å². The zero-order chi connectivity index (χ0) is 17.6. The molecule has 132 valence electrons. The van der Waals surface area contributed by atoms with Crippen LogP contribution in [0.5, 0.6) is 11.5 Å². The Bertz CT molecular complexity index is 716. The Kier molecular flexibility index (Phi) is 5.43. The molecule has 5 nitrogen and oxygen atoms in total. The maximum atomic E-state index is 12.3. The molecule has 2 aromatic rings. The Morgan fingerprint density at radius 3 is 2.48 bits per heavy atom. The van der Waals surface area contributed by atoms with Crippen LogP contribution < -0.4 is 20.1 Å². The molecule has 1 atom stereocenters. The van der Waals surface area contributed by atoms with E-state index < -0.39 is 0 Å². The summed E-state index contributed by atoms with van der Waals surface area (Å²) in [4.78, 5) is 12.3. The fourth-order valence-electron chi connectivity index (χ4n) is 2.86. The van der Waals surface area contributed by atoms with Crippen LogP contribution in [0, 0.1) is 5.92 Å². The van der Waals surface area contributed by atoms with E-state index in [2.05, 4.69) is 24.5 Å². The van der Waals surface area contributed by atoms with E-state index in [1.165, 1.54) is 0 Å². The van der Waals surface area contributed by atoms with Crippen LogP contribution in [-0.4, -0.2) is 19.2 Å². The lowest BCUT2D eigenvalue weighted by Gasteiger charge is -2.25. The summed E-state index contributed by atoms with van der Waals surface area (Å²) in [6, 6.07) is 15.4. The zero-order valence-corrected chi connectivity index (χ0v) is 14.6. The lowest BCUT2D eigenvalue weighted by molar-refractivity contribution is 0.171. The van der Waals surface area contributed by atoms with Gasteiger partial charge in [0.1, 0.15) is 13.2 Å². The van der Waals surface area contributed by atoms with Gasteiger partial charge < -0.3 is 20.1 Å². The first-order chi connectivity index (χ1) is 12.1. The lowest BCUT2D eigenvalue weighted by Crippen LogP contribution is -2.39. The largest absolute Gasteiger partial charge is 0.486 e. The van der Waals surface area contributed by atoms with E-state index in [0.717, 1.165) is 22.6 Å². The highest BCUT2D eigenvalue weighted by atomic mass is 16.6. The number of carbonyl (C=O) groups excluding carboxylic acids is 1. The van der Waals surface area contributed by atoms with E-state index in [0.29, 0.717) is 19.8 Å². The number of urea groups is 1. The van der Waals surface area contributed by atoms with Crippen molar-refractivity contribution in [2.24, 2.45) is 5.92 Å². The van der Waals surface area contributed by atoms with Crippen LogP contribution in [0.1, 0.15) is 31.0 Å². The van der Waals surface area contributed by atoms with Gasteiger partial charge in [-0.15, -0.1) is 0 Å². The maximum Gasteiger partial charge on any atom is 0.315 e. The third kappa shape index (κ3) is 4.44. The average Bonchev–Trinajstić information content (AvgIpc) is 2.64. The molecular formula is C20H24N2O3. The second-order valence-corrected chi connectivity index (χ2v) is 6.44. The molecular weight excluding hydrogens is 316 g/mol. The second kappa shape index (κ2) is 7.92. The first-order valence-corrected chi connectivity index (χ1v) is 8.61. The Morgan fingerprint density at radius 1 is 1.04 bits per heavy atom. The highest BCUT2D eigenvalue weighted by molar-refractivity contribution is 5.74. The van der Waals surface area contributed by atoms with Gasteiger partial charge in [0.25, 0.3) is 0 Å². The van der Waals surface area contributed by atoms with E-state index in [4.69, 9.17) is 9.47 Å². The molecule has 0 bridgehead atoms. The molecule has 2 amide bonds. The number of amides is 2. The number of fused-ring (bicyclic) bond motifs is 1. The number of carbonyl (C=O) groups is 1. The summed E-state index contributed by atoms with van der Waals surface area (Å²) in [6.07, 6.45) is 0. The molecule has 0 unspecified atom stereocenters. The van der Waals surface area contributed by atoms with E-state index >= 15 is 0 Å². The summed E-state index contributed by atoms with van der Waals surface area (Å²) < 4.78 is 11.2. The minimum atomic E-state index is -0.183. The Balaban J connectivity index is 1.65. The molecule has 1 aliphatic heterocycles. The number of hydrogen-bond acceptors (Lipinski definition) is 3. The number of rotatable bonds is 5. The van der Waals surface area contributed by atoms with Crippen LogP contribution in [0.3, 0.4) is 0 Å². The topological polar surface area (TPSA) is 59.6 Å². The van der Waals surface area contributed by atoms with Crippen LogP contribution in [0.15, 0.2) is 48.5 Å². The Hall–Kier alpha value is -2.69. The second-order valence-electron chi connectivity index (χ2n) is 6.44. The van der Waals surface area contributed by atoms with E-state index in [1.807, 2.05) is 48.5 Å². The number of ether oxygens (including phenoxy) is 2. The first-order valence-electron chi connectivity index (χ1n) is 8.61. The van der Waals surface area contributed by atoms with Crippen molar-refractivity contribution in [3.63, 3.8) is 0 Å². The molecule has 0 fully saturated rings. The van der Waals surface area contributed by atoms with Crippen molar-refractivity contribution in [1.82, 2.24) is 10.6 Å². The van der Waals surface area contributed by atoms with E-state index in [9.17, 15) is 4.79 Å². The normalized spacial score (nSPS) is 14.0. The van der Waals surface area contributed by atoms with E-state index in [-0.39, 0.29) is 18.0 Å². The van der Waals surface area contributed by atoms with Gasteiger partial charge in [0.05, 0.1) is 6.04 Å². The summed E-state index contributed by atoms with van der Waals surface area (Å²) in [7, 11) is 0. The van der Waals surface area contributed by atoms with Gasteiger partial charge in [0.15, 0.2) is 11.5 Å². The van der Waals surface area contributed by atoms with E-state index in [1.54, 1.807) is 0 Å². The molecule has 0 aliphatic carbocycles. The standard InChI is InChI=1S/C20H24N2O3/c1-14(2)19(16-8-9-17-18(12-16)25-11-10-24-17)22-20(23)21-13-15-6-4-3-5-7-15/h3-9,12,14,19H,10-11,13H2,1-2H3,(H2,21,22,23)/t19-/m1/s1. The van der Waals surface area contributed by atoms with Gasteiger partial charge in [-0.2, -0.15) is 0 Å². The van der Waals surface area contributed by atoms with Crippen molar-refractivity contribution >= 4 is 6.03 Å². The van der Waals surface area contributed by atoms with Crippen molar-refractivity contribution < 1.29 is 14.3 Å². The first kappa shape index (κ1) is 17.1. The number of nitrogens with one attached hydrogen (secondary N) is 2. The zero-order valence-electron chi connectivity index (χ0n) is 14.6. The molecule has 1 heterocycles. The fraction of sp³-hybridized carbons (Fsp3) is 0.350. The van der Waals surface area contributed by atoms with Crippen LogP contribution in [-0.2, 0) is 6.54 Å². The molecule has 3 rings (SSSR count). The van der Waals surface area contributed by atoms with Gasteiger partial charge in [0.2, 0.25) is 0 Å². The SMILES string of the molecule is CC(C)[C@@H](NC(=O)NCc1ccccc1)c1ccc2c(c1)OCCO2. The minimum Gasteiger partial charge on any atom is -0.486 e. The van der Waals surface area contributed by atoms with Crippen molar-refractivity contribution in [3.05, 3.63) is 59.7 Å². The predicted molar refractivity (Wildman–Crippen MR) is 96.8 cm³/mol. The quantitative estimate of drug-likeness (QED) is 0.873. The van der Waals surface area contributed by atoms with Gasteiger partial charge in [-0.3, -0.25) is 0 Å². The molecule has 0 spiro atoms. The minimum absolute atomic E-state index is 0.105. The van der Waals surface area contributed by atoms with Crippen LogP contribution >= 0.6 is 0 Å². The van der Waals surface area contributed by atoms with Gasteiger partial charge >= 0.3 is 6.03 Å². The van der Waals surface area contributed by atoms with Crippen molar-refractivity contribution in [2.45, 2.75) is 26.4 Å². The molecule has 25 heavy (non-hydrogen) atoms. The van der Waals surface area contributed by atoms with Gasteiger partial charge in [-0.05, 0) is 29.2 Å². The van der Waals surface area contributed by atoms with Crippen molar-refractivity contribution in [1.29, 1.82) is 0 Å². The highest BCUT2D eigenvalue weighted by Gasteiger charge is 2.21. The average molecular weight is 340 g/mol. The fourth-order valence-corrected chi connectivity index (χ4v) is 2.86. The third-order valence-corrected chi connectivity index (χ3v) is 4.17. The Labute approximate surface area is 148 Å². The van der Waals surface area contributed by atoms with Crippen LogP contribution in [0.25, 0.3) is 0 Å². The summed E-state index contributed by atoms with van der Waals surface area (Å²) in [5.41, 5.74) is 2.08. The van der Waals surface area contributed by atoms with Gasteiger partial charge in [-0.1, -0.05) is 50.2 Å². The summed E-state index contributed by atoms with van der Waals surface area (Å²) in [5, 5.41) is 5.97. The lowest BCUT2D eigenvalue weighted by atomic mass is 9.95. The third-order valence-electron chi connectivity index (χ3n) is 4.17. The van der Waals surface area contributed by atoms with Crippen LogP contribution in [0.2, 0.25) is 0 Å². The summed E-state index contributed by atoms with van der Waals surface area (Å²) in [6.45, 7) is 5.78. The molecule has 0 radical (unpaired) electrons. The summed E-state index contributed by atoms with van der Waals surface area (Å²) >= 11 is 0. The smallest absolute Gasteiger partial charge is 0.315 e. The molecule has 1 aliphatic rings. The van der Waals surface area contributed by atoms with Gasteiger partial charge in [-0.25, -0.2) is 4.79 Å². The molecule has 2 aromatic carbocycles. The Morgan fingerprint density at radius 2 is 1.76 bits per heavy atom. The van der Waals surface area contributed by atoms with Gasteiger partial charge in [0, 0.05) is 6.54 Å². The molecule has 2 N–H and O–H groups in total.